The Morgan fingerprint density at radius 1 is 0.584 bits per heavy atom. The number of hydrogen-bond donors (Lipinski definition) is 5. The smallest absolute Gasteiger partial charge is 0.635 e. The van der Waals surface area contributed by atoms with Gasteiger partial charge in [-0.2, -0.15) is 12.8 Å². The van der Waals surface area contributed by atoms with Crippen LogP contribution in [0.25, 0.3) is 9.69 Å². The molecule has 8 aliphatic rings. The Hall–Kier alpha value is -9.96. The predicted molar refractivity (Wildman–Crippen MR) is 494 cm³/mol. The van der Waals surface area contributed by atoms with E-state index in [0.717, 1.165) is 123 Å². The van der Waals surface area contributed by atoms with Crippen molar-refractivity contribution in [3.63, 3.8) is 0 Å². The number of rotatable bonds is 24. The number of esters is 4. The summed E-state index contributed by atoms with van der Waals surface area (Å²) < 4.78 is 137. The fraction of sp³-hybridized carbons (Fsp3) is 0.474. The largest absolute Gasteiger partial charge is 1.00 e. The molecule has 0 radical (unpaired) electrons. The van der Waals surface area contributed by atoms with Crippen molar-refractivity contribution in [1.29, 1.82) is 0 Å². The van der Waals surface area contributed by atoms with Crippen molar-refractivity contribution in [2.24, 2.45) is 22.9 Å². The van der Waals surface area contributed by atoms with Gasteiger partial charge in [0.2, 0.25) is 18.3 Å². The molecular weight excluding hydrogens is 1940 g/mol. The van der Waals surface area contributed by atoms with Crippen molar-refractivity contribution in [1.82, 2.24) is 5.32 Å². The molecule has 0 atom stereocenters. The Morgan fingerprint density at radius 2 is 0.920 bits per heavy atom. The van der Waals surface area contributed by atoms with Crippen LogP contribution in [-0.4, -0.2) is 159 Å². The van der Waals surface area contributed by atoms with Crippen molar-refractivity contribution < 1.29 is 178 Å². The first-order valence-electron chi connectivity index (χ1n) is 43.1. The summed E-state index contributed by atoms with van der Waals surface area (Å²) in [6, 6.07) is 39.7. The van der Waals surface area contributed by atoms with Gasteiger partial charge in [0.05, 0.1) is 64.9 Å². The number of carboxylic acid groups (broad SMARTS) is 1. The zero-order chi connectivity index (χ0) is 102. The Kier molecular flexibility index (Phi) is 52.6. The van der Waals surface area contributed by atoms with Gasteiger partial charge in [0.25, 0.3) is 11.2 Å². The molecule has 0 unspecified atom stereocenters. The fourth-order valence-electron chi connectivity index (χ4n) is 14.2. The van der Waals surface area contributed by atoms with E-state index in [9.17, 15) is 75.3 Å². The summed E-state index contributed by atoms with van der Waals surface area (Å²) >= 11 is 8.26. The molecular formula is C95H115BrClF6KN8O24S. The van der Waals surface area contributed by atoms with Crippen LogP contribution in [0.4, 0.5) is 43.4 Å². The Bertz CT molecular complexity index is 5130. The van der Waals surface area contributed by atoms with E-state index >= 15 is 0 Å². The maximum absolute atomic E-state index is 13.2. The summed E-state index contributed by atoms with van der Waals surface area (Å²) in [7, 11) is -0.660. The number of methoxy groups -OCH3 is 3. The van der Waals surface area contributed by atoms with E-state index in [2.05, 4.69) is 78.0 Å². The van der Waals surface area contributed by atoms with Crippen LogP contribution in [-0.2, 0) is 112 Å². The molecule has 2 saturated heterocycles. The number of nitrogens with zero attached hydrogens (tertiary/aromatic N) is 6. The number of nitrogens with one attached hydrogen (secondary N) is 1. The summed E-state index contributed by atoms with van der Waals surface area (Å²) in [5, 5.41) is 45.6. The number of halogens is 8. The summed E-state index contributed by atoms with van der Waals surface area (Å²) in [6.07, 6.45) is 12.9. The van der Waals surface area contributed by atoms with Crippen molar-refractivity contribution in [2.45, 2.75) is 196 Å². The number of carbonyl (C=O) groups is 6. The third-order valence-electron chi connectivity index (χ3n) is 22.5. The average Bonchev–Trinajstić information content (AvgIpc) is 1.58. The molecule has 7 aromatic rings. The number of aliphatic carboxylic acids is 1. The van der Waals surface area contributed by atoms with Crippen molar-refractivity contribution >= 4 is 90.7 Å². The molecule has 32 nitrogen and oxygen atoms in total. The van der Waals surface area contributed by atoms with Gasteiger partial charge in [-0.1, -0.05) is 92.2 Å². The van der Waals surface area contributed by atoms with Crippen LogP contribution < -0.4 is 72.6 Å². The molecule has 8 fully saturated rings. The summed E-state index contributed by atoms with van der Waals surface area (Å²) in [5.41, 5.74) is 7.18. The number of anilines is 1. The maximum atomic E-state index is 13.2. The molecule has 15 rings (SSSR count). The Balaban J connectivity index is 0.000000398. The summed E-state index contributed by atoms with van der Waals surface area (Å²) in [6.45, 7) is 31.3. The monoisotopic (exact) mass is 2050 g/mol. The van der Waals surface area contributed by atoms with E-state index in [1.807, 2.05) is 12.1 Å². The molecule has 42 heteroatoms. The van der Waals surface area contributed by atoms with Crippen molar-refractivity contribution in [3.05, 3.63) is 280 Å². The van der Waals surface area contributed by atoms with Gasteiger partial charge in [0.15, 0.2) is 0 Å². The van der Waals surface area contributed by atoms with Gasteiger partial charge in [0, 0.05) is 99.3 Å². The number of nitrogens with two attached hydrogens (primary N) is 1. The van der Waals surface area contributed by atoms with Crippen molar-refractivity contribution in [3.8, 4) is 0 Å². The van der Waals surface area contributed by atoms with Crippen LogP contribution in [0.1, 0.15) is 183 Å². The van der Waals surface area contributed by atoms with Crippen LogP contribution in [0.2, 0.25) is 0 Å². The van der Waals surface area contributed by atoms with Gasteiger partial charge in [-0.3, -0.25) is 58.1 Å². The Labute approximate surface area is 848 Å². The van der Waals surface area contributed by atoms with E-state index in [1.165, 1.54) is 113 Å². The quantitative estimate of drug-likeness (QED) is 0.00321. The van der Waals surface area contributed by atoms with E-state index in [4.69, 9.17) is 82.2 Å². The number of nitro benzene ring substituents is 2. The second-order valence-electron chi connectivity index (χ2n) is 33.0. The minimum atomic E-state index is -4.67. The first-order chi connectivity index (χ1) is 64.4. The van der Waals surface area contributed by atoms with E-state index in [1.54, 1.807) is 73.7 Å². The van der Waals surface area contributed by atoms with Crippen molar-refractivity contribution in [2.75, 3.05) is 83.6 Å². The average molecular weight is 2050 g/mol. The number of carbonyl (C=O) groups excluding carboxylic acids is 5. The molecule has 1 amide bonds. The second kappa shape index (κ2) is 59.5. The molecule has 0 bridgehead atoms. The number of amides is 1. The molecule has 742 valence electrons. The summed E-state index contributed by atoms with van der Waals surface area (Å²) in [4.78, 5) is 108. The van der Waals surface area contributed by atoms with Gasteiger partial charge < -0.3 is 69.4 Å². The zero-order valence-corrected chi connectivity index (χ0v) is 84.1. The molecule has 6 aliphatic carbocycles. The number of alkyl halides is 2. The number of benzene rings is 7. The van der Waals surface area contributed by atoms with Crippen LogP contribution >= 0.6 is 27.5 Å². The Morgan fingerprint density at radius 3 is 1.21 bits per heavy atom. The van der Waals surface area contributed by atoms with E-state index in [0.29, 0.717) is 105 Å². The molecule has 6 N–H and O–H groups in total. The van der Waals surface area contributed by atoms with Crippen LogP contribution in [0.3, 0.4) is 0 Å². The van der Waals surface area contributed by atoms with Gasteiger partial charge >= 0.3 is 97.3 Å². The number of nitro groups is 2. The van der Waals surface area contributed by atoms with Gasteiger partial charge in [-0.05, 0) is 240 Å². The SMILES string of the molecule is CC(C)CNC1CCOCC1.CCOC(C)=O.COC(=O)C1(c2ccc(F)c([N+](=O)[O-])c2)CC1.COC(=O)C1(c2ccc(F)cc2)CC1.COC(=O)C1(c2ccc(N(CC(C)C)C3CCOCC3)c([N+](=O)[O-])c2)CC1.ClCCBr.NC(=O)C1(c2ccc(F)cc2)CC1.O=C(O)C1(c2ccc(F)cc2)CC1.O=NO[O-].O=S(=O)(O)O.[C-]#[N+]C1(c2ccc(F)cc2)CC1.[C-]#[N+]Cc1ccc(F)cc1.[K+]. The molecule has 2 aliphatic heterocycles. The predicted octanol–water partition coefficient (Wildman–Crippen LogP) is 14.6. The van der Waals surface area contributed by atoms with E-state index < -0.39 is 65.8 Å². The molecule has 6 saturated carbocycles. The zero-order valence-electron chi connectivity index (χ0n) is 77.8. The third-order valence-corrected chi connectivity index (χ3v) is 23.5. The molecule has 0 spiro atoms. The topological polar surface area (TPSA) is 451 Å². The van der Waals surface area contributed by atoms with Gasteiger partial charge in [-0.15, -0.1) is 16.5 Å². The fourth-order valence-corrected chi connectivity index (χ4v) is 14.2. The molecule has 7 aromatic carbocycles. The normalized spacial score (nSPS) is 16.1. The number of hydrogen-bond acceptors (Lipinski definition) is 24. The first kappa shape index (κ1) is 121. The standard InChI is InChI=1S/C20H28N2O5.C11H10FNO4.C11H11FO2.C10H10FNO.C10H8FN.C10H9FO2.C9H19NO.C8H6FN.C4H8O2.C2H4BrCl.K.HNO3.H2O4S/c1-14(2)13-21(16-6-10-27-11-7-16)17-5-4-15(12-18(17)22(24)25)20(8-9-20)19(23)26-3;1-17-10(14)11(4-5-11)7-2-3-8(12)9(6-7)13(15)16;1-14-10(13)11(6-7-11)8-2-4-9(12)5-3-8;11-8-3-1-7(2-4-8)10(5-6-10)9(12)13;1-12-10(6-7-10)8-2-4-9(11)5-3-8;11-8-3-1-7(2-4-8)10(5-6-10)9(12)13;1-8(2)7-10-9-3-5-11-6-4-9;1-10-6-7-2-4-8(9)5-3-7;1-3-6-4(2)5;3-1-2-4;;2-1-4-3;1-5(2,3)4/h4-5,12,14,16H,6-11,13H2,1-3H3;2-3,6H,4-5H2,1H3;2-5H,6-7H2,1H3;1-4H,5-6H2,(H2,12,13);2-5H,6-7H2;1-4H,5-6H2,(H,12,13);8-10H,3-7H2,1-2H3;2-5H,6H2;3H2,1-2H3;1-2H2;;3H;(H2,1,2,3,4)/q;;;;;;;;;;+1;;/p-1. The molecule has 137 heavy (non-hydrogen) atoms. The van der Waals surface area contributed by atoms with Gasteiger partial charge in [0.1, 0.15) is 40.1 Å². The first-order valence-corrected chi connectivity index (χ1v) is 46.2. The maximum Gasteiger partial charge on any atom is 1.00 e. The van der Waals surface area contributed by atoms with E-state index in [-0.39, 0.29) is 126 Å². The molecule has 2 heterocycles. The molecule has 0 aromatic heterocycles. The minimum absolute atomic E-state index is 0. The van der Waals surface area contributed by atoms with Crippen LogP contribution in [0.15, 0.2) is 163 Å². The van der Waals surface area contributed by atoms with Gasteiger partial charge in [-0.25, -0.2) is 35.1 Å². The third kappa shape index (κ3) is 40.1. The number of ether oxygens (including phenoxy) is 6. The summed E-state index contributed by atoms with van der Waals surface area (Å²) in [5.74, 6) is -2.74. The minimum Gasteiger partial charge on any atom is -0.635 e. The van der Waals surface area contributed by atoms with Crippen LogP contribution in [0, 0.1) is 85.0 Å². The number of carboxylic acids is 1. The van der Waals surface area contributed by atoms with Crippen LogP contribution in [0.5, 0.6) is 0 Å². The second-order valence-corrected chi connectivity index (χ2v) is 35.1. The number of primary amides is 1.